The normalized spacial score (nSPS) is 27.2. The lowest BCUT2D eigenvalue weighted by atomic mass is 9.98. The predicted molar refractivity (Wildman–Crippen MR) is 88.1 cm³/mol. The van der Waals surface area contributed by atoms with Crippen LogP contribution in [0.15, 0.2) is 12.7 Å². The molecule has 10 nitrogen and oxygen atoms in total. The third kappa shape index (κ3) is 7.35. The van der Waals surface area contributed by atoms with E-state index in [9.17, 15) is 19.2 Å². The van der Waals surface area contributed by atoms with E-state index in [1.807, 2.05) is 0 Å². The van der Waals surface area contributed by atoms with Crippen molar-refractivity contribution in [3.63, 3.8) is 0 Å². The summed E-state index contributed by atoms with van der Waals surface area (Å²) in [5.74, 6) is -2.67. The molecule has 1 aliphatic heterocycles. The van der Waals surface area contributed by atoms with Gasteiger partial charge in [0.1, 0.15) is 12.7 Å². The molecule has 0 N–H and O–H groups in total. The standard InChI is InChI=1S/C17H24O10/c1-6-7-22-17-16(26-12(5)21)15(25-11(4)20)14(24-10(3)19)13(27-17)8-23-9(2)18/h6,13-17H,1,7-8H2,2-5H3/t13?,14-,15-,16?,17-/m0/s1. The quantitative estimate of drug-likeness (QED) is 0.325. The molecule has 5 atom stereocenters. The Hall–Kier alpha value is -2.46. The Morgan fingerprint density at radius 2 is 1.37 bits per heavy atom. The van der Waals surface area contributed by atoms with E-state index >= 15 is 0 Å². The summed E-state index contributed by atoms with van der Waals surface area (Å²) in [5.41, 5.74) is 0. The summed E-state index contributed by atoms with van der Waals surface area (Å²) in [7, 11) is 0. The van der Waals surface area contributed by atoms with Gasteiger partial charge >= 0.3 is 23.9 Å². The van der Waals surface area contributed by atoms with Crippen molar-refractivity contribution >= 4 is 23.9 Å². The highest BCUT2D eigenvalue weighted by Crippen LogP contribution is 2.29. The number of rotatable bonds is 8. The Bertz CT molecular complexity index is 572. The Morgan fingerprint density at radius 3 is 1.85 bits per heavy atom. The zero-order valence-corrected chi connectivity index (χ0v) is 15.7. The highest BCUT2D eigenvalue weighted by Gasteiger charge is 2.52. The Kier molecular flexibility index (Phi) is 8.89. The molecule has 1 heterocycles. The third-order valence-electron chi connectivity index (χ3n) is 3.33. The molecule has 0 aliphatic carbocycles. The second kappa shape index (κ2) is 10.6. The maximum Gasteiger partial charge on any atom is 0.303 e. The summed E-state index contributed by atoms with van der Waals surface area (Å²) in [6.45, 7) is 7.90. The van der Waals surface area contributed by atoms with Crippen LogP contribution in [0.4, 0.5) is 0 Å². The van der Waals surface area contributed by atoms with Crippen molar-refractivity contribution in [1.82, 2.24) is 0 Å². The van der Waals surface area contributed by atoms with Gasteiger partial charge in [-0.25, -0.2) is 0 Å². The number of carbonyl (C=O) groups is 4. The van der Waals surface area contributed by atoms with Gasteiger partial charge in [0.2, 0.25) is 0 Å². The first-order chi connectivity index (χ1) is 12.6. The molecule has 1 rings (SSSR count). The Labute approximate surface area is 156 Å². The molecule has 0 radical (unpaired) electrons. The molecular formula is C17H24O10. The maximum absolute atomic E-state index is 11.6. The van der Waals surface area contributed by atoms with Crippen molar-refractivity contribution < 1.29 is 47.6 Å². The van der Waals surface area contributed by atoms with Crippen LogP contribution in [0.1, 0.15) is 27.7 Å². The topological polar surface area (TPSA) is 124 Å². The fraction of sp³-hybridized carbons (Fsp3) is 0.647. The van der Waals surface area contributed by atoms with E-state index in [0.717, 1.165) is 20.8 Å². The van der Waals surface area contributed by atoms with Gasteiger partial charge in [-0.05, 0) is 0 Å². The van der Waals surface area contributed by atoms with Gasteiger partial charge in [-0.3, -0.25) is 19.2 Å². The van der Waals surface area contributed by atoms with Gasteiger partial charge in [0.05, 0.1) is 6.61 Å². The fourth-order valence-corrected chi connectivity index (χ4v) is 2.49. The average molecular weight is 388 g/mol. The molecule has 0 aromatic heterocycles. The van der Waals surface area contributed by atoms with Gasteiger partial charge in [-0.15, -0.1) is 6.58 Å². The van der Waals surface area contributed by atoms with Gasteiger partial charge in [0.25, 0.3) is 0 Å². The number of ether oxygens (including phenoxy) is 6. The summed E-state index contributed by atoms with van der Waals surface area (Å²) in [4.78, 5) is 45.8. The van der Waals surface area contributed by atoms with Crippen LogP contribution in [0.3, 0.4) is 0 Å². The minimum absolute atomic E-state index is 0.0355. The first-order valence-corrected chi connectivity index (χ1v) is 8.18. The van der Waals surface area contributed by atoms with Gasteiger partial charge in [-0.2, -0.15) is 0 Å². The molecule has 0 bridgehead atoms. The number of hydrogen-bond donors (Lipinski definition) is 0. The van der Waals surface area contributed by atoms with Gasteiger partial charge in [0.15, 0.2) is 24.6 Å². The summed E-state index contributed by atoms with van der Waals surface area (Å²) in [6.07, 6.45) is -4.41. The summed E-state index contributed by atoms with van der Waals surface area (Å²) in [5, 5.41) is 0. The van der Waals surface area contributed by atoms with Crippen molar-refractivity contribution in [2.24, 2.45) is 0 Å². The maximum atomic E-state index is 11.6. The number of esters is 4. The van der Waals surface area contributed by atoms with Gasteiger partial charge < -0.3 is 28.4 Å². The van der Waals surface area contributed by atoms with Crippen LogP contribution in [0.5, 0.6) is 0 Å². The van der Waals surface area contributed by atoms with E-state index in [1.165, 1.54) is 13.0 Å². The van der Waals surface area contributed by atoms with Crippen LogP contribution < -0.4 is 0 Å². The molecule has 152 valence electrons. The first kappa shape index (κ1) is 22.6. The molecule has 2 unspecified atom stereocenters. The Balaban J connectivity index is 3.24. The molecule has 0 amide bonds. The van der Waals surface area contributed by atoms with Crippen LogP contribution in [0, 0.1) is 0 Å². The second-order valence-electron chi connectivity index (χ2n) is 5.69. The van der Waals surface area contributed by atoms with Crippen LogP contribution in [-0.2, 0) is 47.6 Å². The molecule has 1 aliphatic rings. The van der Waals surface area contributed by atoms with E-state index in [0.29, 0.717) is 0 Å². The smallest absolute Gasteiger partial charge is 0.303 e. The van der Waals surface area contributed by atoms with E-state index in [4.69, 9.17) is 28.4 Å². The van der Waals surface area contributed by atoms with Crippen molar-refractivity contribution in [2.75, 3.05) is 13.2 Å². The minimum Gasteiger partial charge on any atom is -0.463 e. The van der Waals surface area contributed by atoms with Crippen LogP contribution >= 0.6 is 0 Å². The first-order valence-electron chi connectivity index (χ1n) is 8.18. The molecule has 10 heteroatoms. The van der Waals surface area contributed by atoms with Crippen molar-refractivity contribution in [3.8, 4) is 0 Å². The highest BCUT2D eigenvalue weighted by molar-refractivity contribution is 5.68. The lowest BCUT2D eigenvalue weighted by Gasteiger charge is -2.43. The molecule has 0 aromatic carbocycles. The largest absolute Gasteiger partial charge is 0.463 e. The third-order valence-corrected chi connectivity index (χ3v) is 3.33. The fourth-order valence-electron chi connectivity index (χ4n) is 2.49. The Morgan fingerprint density at radius 1 is 0.852 bits per heavy atom. The van der Waals surface area contributed by atoms with Crippen LogP contribution in [0.2, 0.25) is 0 Å². The zero-order chi connectivity index (χ0) is 20.6. The van der Waals surface area contributed by atoms with E-state index < -0.39 is 54.6 Å². The van der Waals surface area contributed by atoms with Gasteiger partial charge in [-0.1, -0.05) is 6.08 Å². The molecule has 1 fully saturated rings. The lowest BCUT2D eigenvalue weighted by Crippen LogP contribution is -2.62. The summed E-state index contributed by atoms with van der Waals surface area (Å²) < 4.78 is 31.7. The molecule has 0 saturated carbocycles. The van der Waals surface area contributed by atoms with Crippen molar-refractivity contribution in [1.29, 1.82) is 0 Å². The average Bonchev–Trinajstić information content (AvgIpc) is 2.54. The number of carbonyl (C=O) groups excluding carboxylic acids is 4. The predicted octanol–water partition coefficient (Wildman–Crippen LogP) is 0.272. The van der Waals surface area contributed by atoms with Gasteiger partial charge in [0, 0.05) is 27.7 Å². The minimum atomic E-state index is -1.24. The van der Waals surface area contributed by atoms with E-state index in [1.54, 1.807) is 0 Å². The molecular weight excluding hydrogens is 364 g/mol. The van der Waals surface area contributed by atoms with Crippen LogP contribution in [-0.4, -0.2) is 67.8 Å². The van der Waals surface area contributed by atoms with E-state index in [2.05, 4.69) is 6.58 Å². The molecule has 0 spiro atoms. The monoisotopic (exact) mass is 388 g/mol. The second-order valence-corrected chi connectivity index (χ2v) is 5.69. The summed E-state index contributed by atoms with van der Waals surface area (Å²) in [6, 6.07) is 0. The lowest BCUT2D eigenvalue weighted by molar-refractivity contribution is -0.305. The van der Waals surface area contributed by atoms with Crippen molar-refractivity contribution in [2.45, 2.75) is 58.4 Å². The molecule has 27 heavy (non-hydrogen) atoms. The highest BCUT2D eigenvalue weighted by atomic mass is 16.7. The zero-order valence-electron chi connectivity index (χ0n) is 15.7. The molecule has 0 aromatic rings. The van der Waals surface area contributed by atoms with Crippen LogP contribution in [0.25, 0.3) is 0 Å². The molecule has 1 saturated heterocycles. The summed E-state index contributed by atoms with van der Waals surface area (Å²) >= 11 is 0. The van der Waals surface area contributed by atoms with E-state index in [-0.39, 0.29) is 13.2 Å². The SMILES string of the molecule is C=CCO[C@H]1OC(COC(C)=O)[C@H](OC(C)=O)[C@H](OC(C)=O)C1OC(C)=O. The number of hydrogen-bond acceptors (Lipinski definition) is 10. The van der Waals surface area contributed by atoms with Crippen molar-refractivity contribution in [3.05, 3.63) is 12.7 Å².